The largest absolute Gasteiger partial charge is 0.494 e. The number of hydrogen-bond acceptors (Lipinski definition) is 4. The molecule has 2 aliphatic rings. The van der Waals surface area contributed by atoms with Crippen LogP contribution in [0.15, 0.2) is 46.9 Å². The summed E-state index contributed by atoms with van der Waals surface area (Å²) in [5.41, 5.74) is 2.16. The highest BCUT2D eigenvalue weighted by atomic mass is 79.9. The highest BCUT2D eigenvalue weighted by Gasteiger charge is 2.30. The van der Waals surface area contributed by atoms with Crippen molar-refractivity contribution in [3.63, 3.8) is 0 Å². The number of halogens is 2. The lowest BCUT2D eigenvalue weighted by atomic mass is 9.89. The lowest BCUT2D eigenvalue weighted by Crippen LogP contribution is -2.48. The fourth-order valence-electron chi connectivity index (χ4n) is 4.61. The number of ether oxygens (including phenoxy) is 2. The number of likely N-dealkylation sites (tertiary alicyclic amines) is 1. The molecule has 2 fully saturated rings. The molecule has 1 atom stereocenters. The minimum Gasteiger partial charge on any atom is -0.494 e. The average molecular weight is 522 g/mol. The van der Waals surface area contributed by atoms with Gasteiger partial charge in [0.05, 0.1) is 13.2 Å². The number of cyclic esters (lactones) is 1. The highest BCUT2D eigenvalue weighted by Crippen LogP contribution is 2.30. The summed E-state index contributed by atoms with van der Waals surface area (Å²) in [5.74, 6) is 1.92. The summed E-state index contributed by atoms with van der Waals surface area (Å²) in [6.07, 6.45) is 3.15. The number of carbonyl (C=O) groups is 1. The van der Waals surface area contributed by atoms with E-state index in [0.29, 0.717) is 36.6 Å². The molecule has 0 N–H and O–H groups in total. The smallest absolute Gasteiger partial charge is 0.414 e. The van der Waals surface area contributed by atoms with Gasteiger partial charge in [-0.05, 0) is 93.2 Å². The number of anilines is 1. The zero-order valence-electron chi connectivity index (χ0n) is 18.4. The first-order valence-corrected chi connectivity index (χ1v) is 12.5. The molecule has 4 rings (SSSR count). The van der Waals surface area contributed by atoms with Crippen LogP contribution >= 0.6 is 27.5 Å². The predicted octanol–water partition coefficient (Wildman–Crippen LogP) is 6.03. The molecule has 0 saturated carbocycles. The van der Waals surface area contributed by atoms with Crippen molar-refractivity contribution in [2.75, 3.05) is 44.3 Å². The molecule has 2 aromatic rings. The van der Waals surface area contributed by atoms with Crippen molar-refractivity contribution in [3.05, 3.63) is 57.5 Å². The number of nitrogens with zero attached hydrogens (tertiary/aromatic N) is 2. The molecule has 0 spiro atoms. The quantitative estimate of drug-likeness (QED) is 0.446. The van der Waals surface area contributed by atoms with E-state index >= 15 is 0 Å². The van der Waals surface area contributed by atoms with Crippen LogP contribution in [-0.2, 0) is 11.2 Å². The zero-order valence-corrected chi connectivity index (χ0v) is 20.8. The summed E-state index contributed by atoms with van der Waals surface area (Å²) in [7, 11) is 0. The normalized spacial score (nSPS) is 20.3. The molecule has 172 valence electrons. The van der Waals surface area contributed by atoms with Gasteiger partial charge in [-0.25, -0.2) is 4.79 Å². The van der Waals surface area contributed by atoms with Crippen LogP contribution in [0.3, 0.4) is 0 Å². The van der Waals surface area contributed by atoms with Crippen molar-refractivity contribution in [1.82, 2.24) is 4.90 Å². The molecule has 2 heterocycles. The van der Waals surface area contributed by atoms with Crippen molar-refractivity contribution in [2.45, 2.75) is 26.2 Å². The van der Waals surface area contributed by atoms with Crippen molar-refractivity contribution >= 4 is 39.3 Å². The molecule has 0 aromatic heterocycles. The maximum atomic E-state index is 12.3. The molecule has 0 aliphatic carbocycles. The Hall–Kier alpha value is -1.76. The molecule has 0 bridgehead atoms. The van der Waals surface area contributed by atoms with E-state index in [1.807, 2.05) is 25.1 Å². The van der Waals surface area contributed by atoms with E-state index in [1.165, 1.54) is 18.4 Å². The fraction of sp³-hybridized carbons (Fsp3) is 0.480. The lowest BCUT2D eigenvalue weighted by Gasteiger charge is -2.38. The fourth-order valence-corrected chi connectivity index (χ4v) is 5.14. The molecule has 5 nitrogen and oxygen atoms in total. The SMILES string of the molecule is CCOc1ccc(Br)c(CC2CCN(CC3COC(=O)N(c4ccc(Cl)cc4)C3)CC2)c1. The van der Waals surface area contributed by atoms with E-state index in [2.05, 4.69) is 33.0 Å². The molecule has 1 unspecified atom stereocenters. The van der Waals surface area contributed by atoms with Gasteiger partial charge in [-0.2, -0.15) is 0 Å². The summed E-state index contributed by atoms with van der Waals surface area (Å²) in [4.78, 5) is 16.5. The highest BCUT2D eigenvalue weighted by molar-refractivity contribution is 9.10. The van der Waals surface area contributed by atoms with Gasteiger partial charge < -0.3 is 14.4 Å². The van der Waals surface area contributed by atoms with E-state index in [9.17, 15) is 4.79 Å². The van der Waals surface area contributed by atoms with Gasteiger partial charge >= 0.3 is 6.09 Å². The minimum absolute atomic E-state index is 0.276. The van der Waals surface area contributed by atoms with Crippen LogP contribution in [0.5, 0.6) is 5.75 Å². The Bertz CT molecular complexity index is 916. The summed E-state index contributed by atoms with van der Waals surface area (Å²) in [5, 5.41) is 0.662. The van der Waals surface area contributed by atoms with Crippen molar-refractivity contribution in [1.29, 1.82) is 0 Å². The maximum Gasteiger partial charge on any atom is 0.414 e. The molecule has 2 aromatic carbocycles. The minimum atomic E-state index is -0.276. The standard InChI is InChI=1S/C25H30BrClN2O3/c1-2-31-23-7-8-24(26)20(14-23)13-18-9-11-28(12-10-18)15-19-16-29(25(30)32-17-19)22-5-3-21(27)4-6-22/h3-8,14,18-19H,2,9-13,15-17H2,1H3. The molecular weight excluding hydrogens is 492 g/mol. The van der Waals surface area contributed by atoms with Crippen LogP contribution in [0.4, 0.5) is 10.5 Å². The van der Waals surface area contributed by atoms with Crippen LogP contribution in [0.25, 0.3) is 0 Å². The van der Waals surface area contributed by atoms with E-state index in [1.54, 1.807) is 17.0 Å². The van der Waals surface area contributed by atoms with Gasteiger partial charge in [-0.15, -0.1) is 0 Å². The Morgan fingerprint density at radius 3 is 2.59 bits per heavy atom. The average Bonchev–Trinajstić information content (AvgIpc) is 2.79. The van der Waals surface area contributed by atoms with Crippen molar-refractivity contribution < 1.29 is 14.3 Å². The topological polar surface area (TPSA) is 42.0 Å². The van der Waals surface area contributed by atoms with Crippen LogP contribution in [0.2, 0.25) is 5.02 Å². The van der Waals surface area contributed by atoms with E-state index in [0.717, 1.165) is 42.0 Å². The van der Waals surface area contributed by atoms with Crippen molar-refractivity contribution in [3.8, 4) is 5.75 Å². The van der Waals surface area contributed by atoms with Crippen LogP contribution in [-0.4, -0.2) is 50.4 Å². The first-order valence-electron chi connectivity index (χ1n) is 11.3. The van der Waals surface area contributed by atoms with Gasteiger partial charge in [-0.3, -0.25) is 4.90 Å². The number of rotatable bonds is 7. The first kappa shape index (κ1) is 23.4. The Morgan fingerprint density at radius 1 is 1.12 bits per heavy atom. The first-order chi connectivity index (χ1) is 15.5. The predicted molar refractivity (Wildman–Crippen MR) is 132 cm³/mol. The van der Waals surface area contributed by atoms with Crippen molar-refractivity contribution in [2.24, 2.45) is 11.8 Å². The van der Waals surface area contributed by atoms with Crippen LogP contribution < -0.4 is 9.64 Å². The molecule has 7 heteroatoms. The van der Waals surface area contributed by atoms with E-state index in [-0.39, 0.29) is 6.09 Å². The molecule has 2 saturated heterocycles. The molecule has 32 heavy (non-hydrogen) atoms. The number of piperidine rings is 1. The lowest BCUT2D eigenvalue weighted by molar-refractivity contribution is 0.0870. The second kappa shape index (κ2) is 10.9. The van der Waals surface area contributed by atoms with Gasteiger partial charge in [0.25, 0.3) is 0 Å². The van der Waals surface area contributed by atoms with Crippen LogP contribution in [0.1, 0.15) is 25.3 Å². The number of benzene rings is 2. The Kier molecular flexibility index (Phi) is 7.98. The van der Waals surface area contributed by atoms with E-state index < -0.39 is 0 Å². The summed E-state index contributed by atoms with van der Waals surface area (Å²) >= 11 is 9.69. The maximum absolute atomic E-state index is 12.3. The van der Waals surface area contributed by atoms with Gasteiger partial charge in [0, 0.05) is 34.2 Å². The third-order valence-electron chi connectivity index (χ3n) is 6.30. The second-order valence-corrected chi connectivity index (χ2v) is 9.96. The Balaban J connectivity index is 1.28. The Morgan fingerprint density at radius 2 is 1.88 bits per heavy atom. The molecular formula is C25H30BrClN2O3. The monoisotopic (exact) mass is 520 g/mol. The second-order valence-electron chi connectivity index (χ2n) is 8.66. The van der Waals surface area contributed by atoms with Crippen LogP contribution in [0, 0.1) is 11.8 Å². The number of amides is 1. The third kappa shape index (κ3) is 5.97. The molecule has 2 aliphatic heterocycles. The van der Waals surface area contributed by atoms with Gasteiger partial charge in [0.1, 0.15) is 5.75 Å². The van der Waals surface area contributed by atoms with E-state index in [4.69, 9.17) is 21.1 Å². The summed E-state index contributed by atoms with van der Waals surface area (Å²) < 4.78 is 12.3. The van der Waals surface area contributed by atoms with Gasteiger partial charge in [0.15, 0.2) is 0 Å². The number of hydrogen-bond donors (Lipinski definition) is 0. The number of carbonyl (C=O) groups excluding carboxylic acids is 1. The van der Waals surface area contributed by atoms with Gasteiger partial charge in [0.2, 0.25) is 0 Å². The Labute approximate surface area is 203 Å². The third-order valence-corrected chi connectivity index (χ3v) is 7.33. The summed E-state index contributed by atoms with van der Waals surface area (Å²) in [6, 6.07) is 13.6. The van der Waals surface area contributed by atoms with Gasteiger partial charge in [-0.1, -0.05) is 27.5 Å². The molecule has 0 radical (unpaired) electrons. The zero-order chi connectivity index (χ0) is 22.5. The summed E-state index contributed by atoms with van der Waals surface area (Å²) in [6.45, 7) is 6.98. The molecule has 1 amide bonds.